The van der Waals surface area contributed by atoms with Crippen molar-refractivity contribution in [2.24, 2.45) is 0 Å². The molecule has 0 radical (unpaired) electrons. The van der Waals surface area contributed by atoms with Crippen LogP contribution in [0.2, 0.25) is 5.02 Å². The van der Waals surface area contributed by atoms with Crippen LogP contribution in [0.1, 0.15) is 42.7 Å². The third kappa shape index (κ3) is 4.12. The van der Waals surface area contributed by atoms with E-state index in [9.17, 15) is 9.90 Å². The molecular formula is C17H22ClN3O2. The highest BCUT2D eigenvalue weighted by Gasteiger charge is 2.24. The van der Waals surface area contributed by atoms with Crippen LogP contribution >= 0.6 is 11.6 Å². The van der Waals surface area contributed by atoms with Crippen LogP contribution in [0.5, 0.6) is 0 Å². The van der Waals surface area contributed by atoms with Gasteiger partial charge in [0.05, 0.1) is 22.5 Å². The van der Waals surface area contributed by atoms with Gasteiger partial charge in [0, 0.05) is 17.8 Å². The molecule has 6 heteroatoms. The minimum absolute atomic E-state index is 0.227. The standard InChI is InChI=1S/C17H22ClN3O2/c1-4-17(23,5-2)11-19-16(22)15-10-21(20-12(15)3)14-8-6-13(18)7-9-14/h6-10,23H,4-5,11H2,1-3H3,(H,19,22). The third-order valence-electron chi connectivity index (χ3n) is 4.13. The van der Waals surface area contributed by atoms with Gasteiger partial charge in [0.15, 0.2) is 0 Å². The van der Waals surface area contributed by atoms with Crippen molar-refractivity contribution in [1.82, 2.24) is 15.1 Å². The molecule has 0 atom stereocenters. The Kier molecular flexibility index (Phi) is 5.44. The van der Waals surface area contributed by atoms with Gasteiger partial charge in [-0.2, -0.15) is 5.10 Å². The Morgan fingerprint density at radius 3 is 2.48 bits per heavy atom. The van der Waals surface area contributed by atoms with Crippen molar-refractivity contribution in [2.45, 2.75) is 39.2 Å². The van der Waals surface area contributed by atoms with Gasteiger partial charge in [-0.05, 0) is 44.0 Å². The first-order chi connectivity index (χ1) is 10.9. The molecule has 2 rings (SSSR count). The zero-order valence-electron chi connectivity index (χ0n) is 13.6. The number of nitrogens with zero attached hydrogens (tertiary/aromatic N) is 2. The number of aromatic nitrogens is 2. The fraction of sp³-hybridized carbons (Fsp3) is 0.412. The SMILES string of the molecule is CCC(O)(CC)CNC(=O)c1cn(-c2ccc(Cl)cc2)nc1C. The van der Waals surface area contributed by atoms with Crippen LogP contribution in [0.4, 0.5) is 0 Å². The third-order valence-corrected chi connectivity index (χ3v) is 4.38. The van der Waals surface area contributed by atoms with Crippen LogP contribution in [0.25, 0.3) is 5.69 Å². The normalized spacial score (nSPS) is 11.5. The van der Waals surface area contributed by atoms with E-state index in [-0.39, 0.29) is 12.5 Å². The predicted molar refractivity (Wildman–Crippen MR) is 91.2 cm³/mol. The predicted octanol–water partition coefficient (Wildman–Crippen LogP) is 3.12. The van der Waals surface area contributed by atoms with E-state index in [4.69, 9.17) is 11.6 Å². The molecule has 0 spiro atoms. The van der Waals surface area contributed by atoms with E-state index >= 15 is 0 Å². The Morgan fingerprint density at radius 1 is 1.30 bits per heavy atom. The summed E-state index contributed by atoms with van der Waals surface area (Å²) in [7, 11) is 0. The number of carbonyl (C=O) groups excluding carboxylic acids is 1. The van der Waals surface area contributed by atoms with Crippen LogP contribution < -0.4 is 5.32 Å². The molecule has 5 nitrogen and oxygen atoms in total. The maximum atomic E-state index is 12.3. The summed E-state index contributed by atoms with van der Waals surface area (Å²) >= 11 is 5.88. The van der Waals surface area contributed by atoms with E-state index < -0.39 is 5.60 Å². The number of aryl methyl sites for hydroxylation is 1. The van der Waals surface area contributed by atoms with Crippen LogP contribution in [-0.2, 0) is 0 Å². The summed E-state index contributed by atoms with van der Waals surface area (Å²) in [5, 5.41) is 18.1. The Balaban J connectivity index is 2.14. The molecule has 1 heterocycles. The number of amides is 1. The first-order valence-electron chi connectivity index (χ1n) is 7.71. The molecule has 0 saturated heterocycles. The van der Waals surface area contributed by atoms with Gasteiger partial charge in [0.25, 0.3) is 5.91 Å². The Bertz CT molecular complexity index is 676. The van der Waals surface area contributed by atoms with Gasteiger partial charge >= 0.3 is 0 Å². The van der Waals surface area contributed by atoms with Crippen molar-refractivity contribution in [3.05, 3.63) is 46.7 Å². The molecule has 0 bridgehead atoms. The smallest absolute Gasteiger partial charge is 0.254 e. The van der Waals surface area contributed by atoms with E-state index in [2.05, 4.69) is 10.4 Å². The van der Waals surface area contributed by atoms with Crippen LogP contribution in [-0.4, -0.2) is 32.9 Å². The molecule has 0 aliphatic carbocycles. The van der Waals surface area contributed by atoms with Crippen molar-refractivity contribution in [3.63, 3.8) is 0 Å². The number of benzene rings is 1. The first-order valence-corrected chi connectivity index (χ1v) is 8.09. The zero-order chi connectivity index (χ0) is 17.0. The zero-order valence-corrected chi connectivity index (χ0v) is 14.4. The van der Waals surface area contributed by atoms with Crippen molar-refractivity contribution in [3.8, 4) is 5.69 Å². The van der Waals surface area contributed by atoms with Gasteiger partial charge in [0.2, 0.25) is 0 Å². The summed E-state index contributed by atoms with van der Waals surface area (Å²) in [5.74, 6) is -0.233. The molecule has 0 aliphatic rings. The molecule has 1 aromatic carbocycles. The van der Waals surface area contributed by atoms with E-state index in [1.54, 1.807) is 29.9 Å². The van der Waals surface area contributed by atoms with Crippen LogP contribution in [0.3, 0.4) is 0 Å². The molecule has 0 fully saturated rings. The maximum absolute atomic E-state index is 12.3. The molecule has 23 heavy (non-hydrogen) atoms. The Labute approximate surface area is 141 Å². The first kappa shape index (κ1) is 17.5. The molecule has 124 valence electrons. The average Bonchev–Trinajstić information content (AvgIpc) is 2.95. The van der Waals surface area contributed by atoms with Gasteiger partial charge in [0.1, 0.15) is 0 Å². The van der Waals surface area contributed by atoms with Crippen molar-refractivity contribution in [1.29, 1.82) is 0 Å². The number of nitrogens with one attached hydrogen (secondary N) is 1. The molecule has 1 aromatic heterocycles. The number of hydrogen-bond donors (Lipinski definition) is 2. The quantitative estimate of drug-likeness (QED) is 0.852. The van der Waals surface area contributed by atoms with Gasteiger partial charge in [-0.15, -0.1) is 0 Å². The average molecular weight is 336 g/mol. The summed E-state index contributed by atoms with van der Waals surface area (Å²) in [4.78, 5) is 12.3. The van der Waals surface area contributed by atoms with E-state index in [1.807, 2.05) is 26.0 Å². The number of hydrogen-bond acceptors (Lipinski definition) is 3. The van der Waals surface area contributed by atoms with E-state index in [0.717, 1.165) is 5.69 Å². The Hall–Kier alpha value is -1.85. The van der Waals surface area contributed by atoms with Gasteiger partial charge in [-0.1, -0.05) is 25.4 Å². The minimum atomic E-state index is -0.865. The number of aliphatic hydroxyl groups is 1. The monoisotopic (exact) mass is 335 g/mol. The molecule has 0 aliphatic heterocycles. The van der Waals surface area contributed by atoms with Gasteiger partial charge in [-0.25, -0.2) is 4.68 Å². The fourth-order valence-corrected chi connectivity index (χ4v) is 2.38. The van der Waals surface area contributed by atoms with Crippen molar-refractivity contribution < 1.29 is 9.90 Å². The minimum Gasteiger partial charge on any atom is -0.388 e. The number of carbonyl (C=O) groups is 1. The molecule has 2 aromatic rings. The highest BCUT2D eigenvalue weighted by molar-refractivity contribution is 6.30. The lowest BCUT2D eigenvalue weighted by atomic mass is 9.97. The summed E-state index contributed by atoms with van der Waals surface area (Å²) in [6.07, 6.45) is 2.87. The van der Waals surface area contributed by atoms with E-state index in [0.29, 0.717) is 29.1 Å². The summed E-state index contributed by atoms with van der Waals surface area (Å²) < 4.78 is 1.65. The maximum Gasteiger partial charge on any atom is 0.254 e. The largest absolute Gasteiger partial charge is 0.388 e. The molecular weight excluding hydrogens is 314 g/mol. The highest BCUT2D eigenvalue weighted by atomic mass is 35.5. The Morgan fingerprint density at radius 2 is 1.91 bits per heavy atom. The highest BCUT2D eigenvalue weighted by Crippen LogP contribution is 2.16. The molecule has 0 unspecified atom stereocenters. The van der Waals surface area contributed by atoms with Gasteiger partial charge in [-0.3, -0.25) is 4.79 Å². The number of rotatable bonds is 6. The summed E-state index contributed by atoms with van der Waals surface area (Å²) in [5.41, 5.74) is 1.09. The molecule has 0 saturated carbocycles. The van der Waals surface area contributed by atoms with Crippen molar-refractivity contribution >= 4 is 17.5 Å². The molecule has 2 N–H and O–H groups in total. The van der Waals surface area contributed by atoms with E-state index in [1.165, 1.54) is 0 Å². The summed E-state index contributed by atoms with van der Waals surface area (Å²) in [6, 6.07) is 7.22. The van der Waals surface area contributed by atoms with Crippen molar-refractivity contribution in [2.75, 3.05) is 6.54 Å². The topological polar surface area (TPSA) is 67.2 Å². The lowest BCUT2D eigenvalue weighted by Gasteiger charge is -2.25. The summed E-state index contributed by atoms with van der Waals surface area (Å²) in [6.45, 7) is 5.82. The van der Waals surface area contributed by atoms with Gasteiger partial charge < -0.3 is 10.4 Å². The van der Waals surface area contributed by atoms with Crippen LogP contribution in [0, 0.1) is 6.92 Å². The number of halogens is 1. The fourth-order valence-electron chi connectivity index (χ4n) is 2.25. The second kappa shape index (κ2) is 7.15. The van der Waals surface area contributed by atoms with Crippen LogP contribution in [0.15, 0.2) is 30.5 Å². The lowest BCUT2D eigenvalue weighted by Crippen LogP contribution is -2.42. The molecule has 1 amide bonds. The second-order valence-corrected chi connectivity index (χ2v) is 6.10. The second-order valence-electron chi connectivity index (χ2n) is 5.66. The lowest BCUT2D eigenvalue weighted by molar-refractivity contribution is 0.0314.